The van der Waals surface area contributed by atoms with Gasteiger partial charge in [-0.1, -0.05) is 6.92 Å². The molecule has 2 heterocycles. The van der Waals surface area contributed by atoms with Crippen LogP contribution in [0.25, 0.3) is 0 Å². The van der Waals surface area contributed by atoms with Crippen LogP contribution in [-0.4, -0.2) is 26.3 Å². The standard InChI is InChI=1S/C11H16N6/c1-3-4-12-10-5-11(14-8-13-10)16-9-6-15-17(2)7-9/h5-8H,3-4H2,1-2H3,(H2,12,13,14,16). The summed E-state index contributed by atoms with van der Waals surface area (Å²) in [7, 11) is 1.87. The van der Waals surface area contributed by atoms with Crippen LogP contribution in [-0.2, 0) is 7.05 Å². The molecular formula is C11H16N6. The van der Waals surface area contributed by atoms with Crippen LogP contribution in [0.4, 0.5) is 17.3 Å². The van der Waals surface area contributed by atoms with Gasteiger partial charge in [0, 0.05) is 25.9 Å². The Kier molecular flexibility index (Phi) is 3.54. The Morgan fingerprint density at radius 3 is 2.82 bits per heavy atom. The Morgan fingerprint density at radius 1 is 1.29 bits per heavy atom. The Bertz CT molecular complexity index is 478. The molecule has 2 N–H and O–H groups in total. The molecule has 0 aliphatic rings. The highest BCUT2D eigenvalue weighted by atomic mass is 15.3. The topological polar surface area (TPSA) is 67.7 Å². The summed E-state index contributed by atoms with van der Waals surface area (Å²) in [5, 5.41) is 10.5. The number of nitrogens with one attached hydrogen (secondary N) is 2. The number of rotatable bonds is 5. The molecule has 0 fully saturated rings. The van der Waals surface area contributed by atoms with Gasteiger partial charge in [0.05, 0.1) is 11.9 Å². The first-order valence-electron chi connectivity index (χ1n) is 5.59. The summed E-state index contributed by atoms with van der Waals surface area (Å²) in [5.74, 6) is 1.58. The number of aryl methyl sites for hydroxylation is 1. The summed E-state index contributed by atoms with van der Waals surface area (Å²) in [4.78, 5) is 8.29. The molecule has 2 aromatic rings. The van der Waals surface area contributed by atoms with Crippen molar-refractivity contribution < 1.29 is 0 Å². The Hall–Kier alpha value is -2.11. The number of nitrogens with zero attached hydrogens (tertiary/aromatic N) is 4. The second-order valence-electron chi connectivity index (χ2n) is 3.74. The summed E-state index contributed by atoms with van der Waals surface area (Å²) in [5.41, 5.74) is 0.910. The summed E-state index contributed by atoms with van der Waals surface area (Å²) in [6, 6.07) is 1.88. The molecule has 0 aliphatic heterocycles. The lowest BCUT2D eigenvalue weighted by Crippen LogP contribution is -2.03. The molecule has 90 valence electrons. The third-order valence-electron chi connectivity index (χ3n) is 2.20. The smallest absolute Gasteiger partial charge is 0.135 e. The van der Waals surface area contributed by atoms with Gasteiger partial charge in [-0.15, -0.1) is 0 Å². The Morgan fingerprint density at radius 2 is 2.12 bits per heavy atom. The maximum absolute atomic E-state index is 4.15. The molecule has 6 heteroatoms. The second-order valence-corrected chi connectivity index (χ2v) is 3.74. The van der Waals surface area contributed by atoms with Crippen molar-refractivity contribution in [3.8, 4) is 0 Å². The van der Waals surface area contributed by atoms with E-state index in [-0.39, 0.29) is 0 Å². The van der Waals surface area contributed by atoms with Crippen LogP contribution in [0.15, 0.2) is 24.8 Å². The van der Waals surface area contributed by atoms with E-state index in [9.17, 15) is 0 Å². The van der Waals surface area contributed by atoms with Gasteiger partial charge in [-0.05, 0) is 6.42 Å². The van der Waals surface area contributed by atoms with Gasteiger partial charge in [-0.25, -0.2) is 9.97 Å². The third-order valence-corrected chi connectivity index (χ3v) is 2.20. The van der Waals surface area contributed by atoms with Crippen LogP contribution in [0.3, 0.4) is 0 Å². The quantitative estimate of drug-likeness (QED) is 0.822. The summed E-state index contributed by atoms with van der Waals surface area (Å²) in [6.07, 6.45) is 6.24. The van der Waals surface area contributed by atoms with E-state index in [1.165, 1.54) is 6.33 Å². The van der Waals surface area contributed by atoms with Gasteiger partial charge < -0.3 is 10.6 Å². The van der Waals surface area contributed by atoms with E-state index < -0.39 is 0 Å². The van der Waals surface area contributed by atoms with Gasteiger partial charge in [0.1, 0.15) is 18.0 Å². The van der Waals surface area contributed by atoms with Crippen LogP contribution in [0.5, 0.6) is 0 Å². The van der Waals surface area contributed by atoms with E-state index in [0.29, 0.717) is 0 Å². The van der Waals surface area contributed by atoms with E-state index >= 15 is 0 Å². The summed E-state index contributed by atoms with van der Waals surface area (Å²) < 4.78 is 1.74. The zero-order valence-corrected chi connectivity index (χ0v) is 10.0. The molecule has 0 amide bonds. The molecule has 0 saturated heterocycles. The SMILES string of the molecule is CCCNc1cc(Nc2cnn(C)c2)ncn1. The molecule has 0 aromatic carbocycles. The molecule has 0 aliphatic carbocycles. The minimum atomic E-state index is 0.756. The molecule has 2 rings (SSSR count). The van der Waals surface area contributed by atoms with Crippen LogP contribution < -0.4 is 10.6 Å². The van der Waals surface area contributed by atoms with Crippen LogP contribution >= 0.6 is 0 Å². The third kappa shape index (κ3) is 3.17. The Labute approximate surface area is 100 Å². The van der Waals surface area contributed by atoms with E-state index in [4.69, 9.17) is 0 Å². The molecule has 17 heavy (non-hydrogen) atoms. The summed E-state index contributed by atoms with van der Waals surface area (Å²) >= 11 is 0. The average Bonchev–Trinajstić information content (AvgIpc) is 2.73. The first-order valence-corrected chi connectivity index (χ1v) is 5.59. The fourth-order valence-corrected chi connectivity index (χ4v) is 1.41. The lowest BCUT2D eigenvalue weighted by Gasteiger charge is -2.06. The average molecular weight is 232 g/mol. The number of hydrogen-bond acceptors (Lipinski definition) is 5. The normalized spacial score (nSPS) is 10.2. The monoisotopic (exact) mass is 232 g/mol. The fraction of sp³-hybridized carbons (Fsp3) is 0.364. The number of hydrogen-bond donors (Lipinski definition) is 2. The van der Waals surface area contributed by atoms with Crippen molar-refractivity contribution in [2.45, 2.75) is 13.3 Å². The van der Waals surface area contributed by atoms with Crippen molar-refractivity contribution in [2.24, 2.45) is 7.05 Å². The molecule has 0 atom stereocenters. The van der Waals surface area contributed by atoms with Crippen LogP contribution in [0.1, 0.15) is 13.3 Å². The predicted octanol–water partition coefficient (Wildman–Crippen LogP) is 1.78. The second kappa shape index (κ2) is 5.29. The van der Waals surface area contributed by atoms with Crippen LogP contribution in [0.2, 0.25) is 0 Å². The van der Waals surface area contributed by atoms with Gasteiger partial charge in [-0.3, -0.25) is 4.68 Å². The molecule has 6 nitrogen and oxygen atoms in total. The maximum Gasteiger partial charge on any atom is 0.135 e. The van der Waals surface area contributed by atoms with E-state index in [1.54, 1.807) is 10.9 Å². The van der Waals surface area contributed by atoms with Gasteiger partial charge in [0.15, 0.2) is 0 Å². The highest BCUT2D eigenvalue weighted by Crippen LogP contribution is 2.14. The molecule has 2 aromatic heterocycles. The molecule has 0 unspecified atom stereocenters. The lowest BCUT2D eigenvalue weighted by molar-refractivity contribution is 0.768. The van der Waals surface area contributed by atoms with Gasteiger partial charge in [0.25, 0.3) is 0 Å². The van der Waals surface area contributed by atoms with E-state index in [0.717, 1.165) is 30.3 Å². The summed E-state index contributed by atoms with van der Waals surface area (Å²) in [6.45, 7) is 3.02. The minimum absolute atomic E-state index is 0.756. The van der Waals surface area contributed by atoms with Crippen molar-refractivity contribution in [1.82, 2.24) is 19.7 Å². The Balaban J connectivity index is 2.05. The van der Waals surface area contributed by atoms with Crippen molar-refractivity contribution >= 4 is 17.3 Å². The van der Waals surface area contributed by atoms with E-state index in [2.05, 4.69) is 32.6 Å². The van der Waals surface area contributed by atoms with Crippen molar-refractivity contribution in [3.63, 3.8) is 0 Å². The number of anilines is 3. The van der Waals surface area contributed by atoms with Gasteiger partial charge in [0.2, 0.25) is 0 Å². The van der Waals surface area contributed by atoms with Crippen molar-refractivity contribution in [3.05, 3.63) is 24.8 Å². The molecular weight excluding hydrogens is 216 g/mol. The fourth-order valence-electron chi connectivity index (χ4n) is 1.41. The van der Waals surface area contributed by atoms with Crippen molar-refractivity contribution in [2.75, 3.05) is 17.2 Å². The first-order chi connectivity index (χ1) is 8.28. The first kappa shape index (κ1) is 11.4. The zero-order chi connectivity index (χ0) is 12.1. The zero-order valence-electron chi connectivity index (χ0n) is 10.0. The highest BCUT2D eigenvalue weighted by Gasteiger charge is 2.00. The lowest BCUT2D eigenvalue weighted by atomic mass is 10.4. The molecule has 0 bridgehead atoms. The van der Waals surface area contributed by atoms with E-state index in [1.807, 2.05) is 19.3 Å². The van der Waals surface area contributed by atoms with Crippen LogP contribution in [0, 0.1) is 0 Å². The largest absolute Gasteiger partial charge is 0.370 e. The highest BCUT2D eigenvalue weighted by molar-refractivity contribution is 5.57. The predicted molar refractivity (Wildman–Crippen MR) is 67.3 cm³/mol. The van der Waals surface area contributed by atoms with Crippen molar-refractivity contribution in [1.29, 1.82) is 0 Å². The maximum atomic E-state index is 4.15. The molecule has 0 radical (unpaired) electrons. The number of aromatic nitrogens is 4. The van der Waals surface area contributed by atoms with Gasteiger partial charge in [-0.2, -0.15) is 5.10 Å². The van der Waals surface area contributed by atoms with Gasteiger partial charge >= 0.3 is 0 Å². The molecule has 0 spiro atoms. The molecule has 0 saturated carbocycles. The minimum Gasteiger partial charge on any atom is -0.370 e.